The Morgan fingerprint density at radius 3 is 2.28 bits per heavy atom. The van der Waals surface area contributed by atoms with Gasteiger partial charge in [-0.05, 0) is 40.6 Å². The van der Waals surface area contributed by atoms with Crippen LogP contribution in [0, 0.1) is 10.1 Å². The number of nitro groups is 1. The first-order valence-electron chi connectivity index (χ1n) is 8.43. The Kier molecular flexibility index (Phi) is 5.49. The molecule has 0 radical (unpaired) electrons. The molecule has 0 saturated heterocycles. The lowest BCUT2D eigenvalue weighted by molar-refractivity contribution is -0.384. The molecule has 1 amide bonds. The van der Waals surface area contributed by atoms with Crippen LogP contribution in [0.25, 0.3) is 10.8 Å². The van der Waals surface area contributed by atoms with E-state index in [9.17, 15) is 19.7 Å². The second kappa shape index (κ2) is 8.17. The summed E-state index contributed by atoms with van der Waals surface area (Å²) in [7, 11) is 0. The maximum atomic E-state index is 12.2. The van der Waals surface area contributed by atoms with E-state index >= 15 is 0 Å². The van der Waals surface area contributed by atoms with E-state index in [2.05, 4.69) is 4.99 Å². The van der Waals surface area contributed by atoms with E-state index in [-0.39, 0.29) is 23.6 Å². The van der Waals surface area contributed by atoms with Crippen LogP contribution in [0.3, 0.4) is 0 Å². The number of rotatable bonds is 5. The lowest BCUT2D eigenvalue weighted by Gasteiger charge is -2.07. The van der Waals surface area contributed by atoms with Crippen molar-refractivity contribution in [3.05, 3.63) is 81.9 Å². The summed E-state index contributed by atoms with van der Waals surface area (Å²) in [5, 5.41) is 12.3. The molecule has 29 heavy (non-hydrogen) atoms. The zero-order valence-corrected chi connectivity index (χ0v) is 15.1. The van der Waals surface area contributed by atoms with E-state index in [1.165, 1.54) is 24.3 Å². The molecule has 0 aliphatic carbocycles. The number of carbonyl (C=O) groups excluding carboxylic acids is 2. The summed E-state index contributed by atoms with van der Waals surface area (Å²) in [6.07, 6.45) is 0.0602. The van der Waals surface area contributed by atoms with Crippen molar-refractivity contribution in [2.75, 3.05) is 0 Å². The van der Waals surface area contributed by atoms with E-state index < -0.39 is 16.8 Å². The normalized spacial score (nSPS) is 10.3. The first-order valence-corrected chi connectivity index (χ1v) is 8.43. The fraction of sp³-hybridized carbons (Fsp3) is 0.0500. The number of fused-ring (bicyclic) bond motifs is 1. The van der Waals surface area contributed by atoms with Gasteiger partial charge in [0.15, 0.2) is 5.96 Å². The minimum Gasteiger partial charge on any atom is -0.423 e. The number of nitrogens with zero attached hydrogens (tertiary/aromatic N) is 2. The van der Waals surface area contributed by atoms with Crippen molar-refractivity contribution in [1.82, 2.24) is 0 Å². The first kappa shape index (κ1) is 19.5. The van der Waals surface area contributed by atoms with E-state index in [0.717, 1.165) is 16.3 Å². The Balaban J connectivity index is 1.74. The summed E-state index contributed by atoms with van der Waals surface area (Å²) in [6, 6.07) is 15.6. The number of hydrogen-bond donors (Lipinski definition) is 2. The molecule has 0 fully saturated rings. The van der Waals surface area contributed by atoms with Crippen LogP contribution >= 0.6 is 0 Å². The van der Waals surface area contributed by atoms with Crippen molar-refractivity contribution in [1.29, 1.82) is 0 Å². The van der Waals surface area contributed by atoms with Crippen LogP contribution in [0.4, 0.5) is 5.69 Å². The van der Waals surface area contributed by atoms with Gasteiger partial charge in [-0.2, -0.15) is 4.99 Å². The van der Waals surface area contributed by atoms with Crippen molar-refractivity contribution >= 4 is 34.3 Å². The van der Waals surface area contributed by atoms with Gasteiger partial charge < -0.3 is 16.2 Å². The predicted molar refractivity (Wildman–Crippen MR) is 107 cm³/mol. The van der Waals surface area contributed by atoms with Crippen LogP contribution < -0.4 is 16.2 Å². The number of guanidine groups is 1. The number of nitrogens with two attached hydrogens (primary N) is 2. The molecule has 3 aromatic rings. The largest absolute Gasteiger partial charge is 0.423 e. The Bertz CT molecular complexity index is 1140. The van der Waals surface area contributed by atoms with E-state index in [4.69, 9.17) is 16.2 Å². The average molecular weight is 392 g/mol. The summed E-state index contributed by atoms with van der Waals surface area (Å²) >= 11 is 0. The quantitative estimate of drug-likeness (QED) is 0.169. The van der Waals surface area contributed by atoms with Crippen LogP contribution in [0.1, 0.15) is 15.9 Å². The van der Waals surface area contributed by atoms with Crippen LogP contribution in [-0.2, 0) is 11.2 Å². The third-order valence-electron chi connectivity index (χ3n) is 4.01. The SMILES string of the molecule is NC(N)=NC(=O)Cc1ccc2cc(OC(=O)c3ccc([N+](=O)[O-])cc3)ccc2c1. The fourth-order valence-corrected chi connectivity index (χ4v) is 2.69. The van der Waals surface area contributed by atoms with Crippen molar-refractivity contribution in [2.24, 2.45) is 16.5 Å². The molecule has 0 unspecified atom stereocenters. The summed E-state index contributed by atoms with van der Waals surface area (Å²) < 4.78 is 5.34. The van der Waals surface area contributed by atoms with Crippen LogP contribution in [0.5, 0.6) is 5.75 Å². The molecule has 3 rings (SSSR count). The smallest absolute Gasteiger partial charge is 0.343 e. The zero-order valence-electron chi connectivity index (χ0n) is 15.1. The fourth-order valence-electron chi connectivity index (χ4n) is 2.69. The van der Waals surface area contributed by atoms with Gasteiger partial charge in [-0.25, -0.2) is 4.79 Å². The standard InChI is InChI=1S/C20H16N4O5/c21-20(22)23-18(25)10-12-1-2-15-11-17(8-5-14(15)9-12)29-19(26)13-3-6-16(7-4-13)24(27)28/h1-9,11H,10H2,(H4,21,22,23,25). The highest BCUT2D eigenvalue weighted by atomic mass is 16.6. The summed E-state index contributed by atoms with van der Waals surface area (Å²) in [5.41, 5.74) is 11.2. The maximum absolute atomic E-state index is 12.2. The topological polar surface area (TPSA) is 151 Å². The molecule has 4 N–H and O–H groups in total. The predicted octanol–water partition coefficient (Wildman–Crippen LogP) is 2.31. The summed E-state index contributed by atoms with van der Waals surface area (Å²) in [4.78, 5) is 37.5. The van der Waals surface area contributed by atoms with E-state index in [1.807, 2.05) is 6.07 Å². The van der Waals surface area contributed by atoms with Gasteiger partial charge in [0.05, 0.1) is 16.9 Å². The molecule has 9 heteroatoms. The minimum absolute atomic E-state index is 0.0602. The zero-order chi connectivity index (χ0) is 21.0. The van der Waals surface area contributed by atoms with Gasteiger partial charge in [-0.15, -0.1) is 0 Å². The molecule has 0 aliphatic rings. The van der Waals surface area contributed by atoms with E-state index in [1.54, 1.807) is 30.3 Å². The van der Waals surface area contributed by atoms with Crippen molar-refractivity contribution in [2.45, 2.75) is 6.42 Å². The highest BCUT2D eigenvalue weighted by Crippen LogP contribution is 2.23. The number of carbonyl (C=O) groups is 2. The molecule has 0 heterocycles. The second-order valence-corrected chi connectivity index (χ2v) is 6.14. The van der Waals surface area contributed by atoms with Crippen molar-refractivity contribution in [3.63, 3.8) is 0 Å². The molecule has 0 atom stereocenters. The number of nitro benzene ring substituents is 1. The Labute approximate surface area is 164 Å². The number of hydrogen-bond acceptors (Lipinski definition) is 5. The lowest BCUT2D eigenvalue weighted by Crippen LogP contribution is -2.24. The third-order valence-corrected chi connectivity index (χ3v) is 4.01. The van der Waals surface area contributed by atoms with Gasteiger partial charge in [0.25, 0.3) is 11.6 Å². The Morgan fingerprint density at radius 2 is 1.62 bits per heavy atom. The van der Waals surface area contributed by atoms with Gasteiger partial charge in [0.1, 0.15) is 5.75 Å². The van der Waals surface area contributed by atoms with Gasteiger partial charge in [0, 0.05) is 12.1 Å². The lowest BCUT2D eigenvalue weighted by atomic mass is 10.0. The van der Waals surface area contributed by atoms with Gasteiger partial charge >= 0.3 is 5.97 Å². The van der Waals surface area contributed by atoms with Crippen LogP contribution in [0.2, 0.25) is 0 Å². The highest BCUT2D eigenvalue weighted by molar-refractivity contribution is 5.94. The molecule has 0 aromatic heterocycles. The average Bonchev–Trinajstić information content (AvgIpc) is 2.67. The number of ether oxygens (including phenoxy) is 1. The first-order chi connectivity index (χ1) is 13.8. The molecular weight excluding hydrogens is 376 g/mol. The summed E-state index contributed by atoms with van der Waals surface area (Å²) in [5.74, 6) is -1.03. The Hall–Kier alpha value is -4.27. The molecule has 3 aromatic carbocycles. The monoisotopic (exact) mass is 392 g/mol. The second-order valence-electron chi connectivity index (χ2n) is 6.14. The molecule has 146 valence electrons. The molecule has 0 saturated carbocycles. The molecule has 0 spiro atoms. The van der Waals surface area contributed by atoms with Crippen molar-refractivity contribution < 1.29 is 19.2 Å². The van der Waals surface area contributed by atoms with Crippen LogP contribution in [0.15, 0.2) is 65.7 Å². The minimum atomic E-state index is -0.626. The number of amides is 1. The number of esters is 1. The highest BCUT2D eigenvalue weighted by Gasteiger charge is 2.12. The molecule has 0 aliphatic heterocycles. The number of benzene rings is 3. The number of aliphatic imine (C=N–C) groups is 1. The Morgan fingerprint density at radius 1 is 0.966 bits per heavy atom. The van der Waals surface area contributed by atoms with Gasteiger partial charge in [-0.1, -0.05) is 24.3 Å². The molecule has 0 bridgehead atoms. The third kappa shape index (κ3) is 4.92. The van der Waals surface area contributed by atoms with Gasteiger partial charge in [0.2, 0.25) is 0 Å². The van der Waals surface area contributed by atoms with Crippen LogP contribution in [-0.4, -0.2) is 22.8 Å². The van der Waals surface area contributed by atoms with E-state index in [0.29, 0.717) is 5.75 Å². The number of non-ortho nitro benzene ring substituents is 1. The molecular formula is C20H16N4O5. The summed E-state index contributed by atoms with van der Waals surface area (Å²) in [6.45, 7) is 0. The van der Waals surface area contributed by atoms with Crippen molar-refractivity contribution in [3.8, 4) is 5.75 Å². The molecule has 9 nitrogen and oxygen atoms in total. The maximum Gasteiger partial charge on any atom is 0.343 e. The van der Waals surface area contributed by atoms with Gasteiger partial charge in [-0.3, -0.25) is 14.9 Å².